The Balaban J connectivity index is 1.86. The van der Waals surface area contributed by atoms with Crippen molar-refractivity contribution in [1.82, 2.24) is 5.32 Å². The number of hydrogen-bond donors (Lipinski definition) is 1. The summed E-state index contributed by atoms with van der Waals surface area (Å²) >= 11 is 0. The second kappa shape index (κ2) is 10.1. The van der Waals surface area contributed by atoms with E-state index in [1.807, 2.05) is 6.07 Å². The zero-order valence-electron chi connectivity index (χ0n) is 15.6. The molecule has 2 aromatic carbocycles. The molecule has 0 aliphatic rings. The van der Waals surface area contributed by atoms with E-state index in [-0.39, 0.29) is 12.5 Å². The molecule has 1 N–H and O–H groups in total. The number of carbonyl (C=O) groups excluding carboxylic acids is 2. The maximum absolute atomic E-state index is 12.0. The standard InChI is InChI=1S/C20H23NO6/c1-4-26-20(23)15-6-5-7-16(11-15)27-13-19(22)21-12-14-8-9-17(24-2)18(10-14)25-3/h5-11H,4,12-13H2,1-3H3,(H,21,22). The van der Waals surface area contributed by atoms with Crippen LogP contribution in [0.1, 0.15) is 22.8 Å². The summed E-state index contributed by atoms with van der Waals surface area (Å²) in [6, 6.07) is 11.9. The molecule has 0 bridgehead atoms. The van der Waals surface area contributed by atoms with Crippen molar-refractivity contribution in [2.45, 2.75) is 13.5 Å². The van der Waals surface area contributed by atoms with Gasteiger partial charge in [-0.05, 0) is 42.8 Å². The van der Waals surface area contributed by atoms with E-state index in [2.05, 4.69) is 5.32 Å². The number of methoxy groups -OCH3 is 2. The number of benzene rings is 2. The lowest BCUT2D eigenvalue weighted by atomic mass is 10.2. The predicted molar refractivity (Wildman–Crippen MR) is 99.3 cm³/mol. The quantitative estimate of drug-likeness (QED) is 0.680. The van der Waals surface area contributed by atoms with Gasteiger partial charge >= 0.3 is 5.97 Å². The molecule has 0 saturated heterocycles. The summed E-state index contributed by atoms with van der Waals surface area (Å²) < 4.78 is 20.8. The highest BCUT2D eigenvalue weighted by molar-refractivity contribution is 5.89. The van der Waals surface area contributed by atoms with Gasteiger partial charge in [-0.3, -0.25) is 4.79 Å². The maximum atomic E-state index is 12.0. The van der Waals surface area contributed by atoms with Crippen molar-refractivity contribution in [3.63, 3.8) is 0 Å². The molecule has 7 heteroatoms. The van der Waals surface area contributed by atoms with Crippen LogP contribution < -0.4 is 19.5 Å². The van der Waals surface area contributed by atoms with E-state index < -0.39 is 5.97 Å². The molecule has 144 valence electrons. The Labute approximate surface area is 158 Å². The lowest BCUT2D eigenvalue weighted by molar-refractivity contribution is -0.123. The van der Waals surface area contributed by atoms with Crippen LogP contribution in [0.5, 0.6) is 17.2 Å². The molecule has 2 rings (SSSR count). The third-order valence-electron chi connectivity index (χ3n) is 3.65. The highest BCUT2D eigenvalue weighted by atomic mass is 16.5. The summed E-state index contributed by atoms with van der Waals surface area (Å²) in [5, 5.41) is 2.76. The monoisotopic (exact) mass is 373 g/mol. The third-order valence-corrected chi connectivity index (χ3v) is 3.65. The Hall–Kier alpha value is -3.22. The highest BCUT2D eigenvalue weighted by Crippen LogP contribution is 2.27. The third kappa shape index (κ3) is 5.91. The van der Waals surface area contributed by atoms with Crippen molar-refractivity contribution >= 4 is 11.9 Å². The topological polar surface area (TPSA) is 83.1 Å². The molecule has 1 amide bonds. The van der Waals surface area contributed by atoms with E-state index in [1.165, 1.54) is 0 Å². The van der Waals surface area contributed by atoms with E-state index in [0.29, 0.717) is 36.0 Å². The first kappa shape index (κ1) is 20.1. The van der Waals surface area contributed by atoms with Crippen LogP contribution in [0.15, 0.2) is 42.5 Å². The zero-order chi connectivity index (χ0) is 19.6. The largest absolute Gasteiger partial charge is 0.493 e. The second-order valence-corrected chi connectivity index (χ2v) is 5.50. The summed E-state index contributed by atoms with van der Waals surface area (Å²) in [4.78, 5) is 23.7. The van der Waals surface area contributed by atoms with Crippen LogP contribution in [0.3, 0.4) is 0 Å². The lowest BCUT2D eigenvalue weighted by Crippen LogP contribution is -2.28. The molecule has 0 aromatic heterocycles. The fourth-order valence-electron chi connectivity index (χ4n) is 2.32. The number of ether oxygens (including phenoxy) is 4. The van der Waals surface area contributed by atoms with Gasteiger partial charge in [0.15, 0.2) is 18.1 Å². The number of nitrogens with one attached hydrogen (secondary N) is 1. The van der Waals surface area contributed by atoms with Gasteiger partial charge < -0.3 is 24.3 Å². The summed E-state index contributed by atoms with van der Waals surface area (Å²) in [6.07, 6.45) is 0. The molecule has 0 aliphatic heterocycles. The lowest BCUT2D eigenvalue weighted by Gasteiger charge is -2.11. The average Bonchev–Trinajstić information content (AvgIpc) is 2.70. The molecule has 7 nitrogen and oxygen atoms in total. The Morgan fingerprint density at radius 1 is 1.00 bits per heavy atom. The number of rotatable bonds is 9. The molecule has 0 fully saturated rings. The Kier molecular flexibility index (Phi) is 7.49. The van der Waals surface area contributed by atoms with Crippen LogP contribution in [0, 0.1) is 0 Å². The van der Waals surface area contributed by atoms with Gasteiger partial charge in [0.25, 0.3) is 5.91 Å². The van der Waals surface area contributed by atoms with E-state index in [9.17, 15) is 9.59 Å². The van der Waals surface area contributed by atoms with E-state index in [4.69, 9.17) is 18.9 Å². The number of carbonyl (C=O) groups is 2. The summed E-state index contributed by atoms with van der Waals surface area (Å²) in [5.74, 6) is 0.919. The SMILES string of the molecule is CCOC(=O)c1cccc(OCC(=O)NCc2ccc(OC)c(OC)c2)c1. The van der Waals surface area contributed by atoms with Gasteiger partial charge in [-0.1, -0.05) is 12.1 Å². The van der Waals surface area contributed by atoms with Gasteiger partial charge in [0.05, 0.1) is 26.4 Å². The smallest absolute Gasteiger partial charge is 0.338 e. The molecule has 27 heavy (non-hydrogen) atoms. The van der Waals surface area contributed by atoms with Gasteiger partial charge in [-0.2, -0.15) is 0 Å². The molecule has 0 atom stereocenters. The zero-order valence-corrected chi connectivity index (χ0v) is 15.6. The number of hydrogen-bond acceptors (Lipinski definition) is 6. The molecular weight excluding hydrogens is 350 g/mol. The van der Waals surface area contributed by atoms with Crippen molar-refractivity contribution in [1.29, 1.82) is 0 Å². The van der Waals surface area contributed by atoms with Crippen LogP contribution in [0.4, 0.5) is 0 Å². The highest BCUT2D eigenvalue weighted by Gasteiger charge is 2.09. The minimum Gasteiger partial charge on any atom is -0.493 e. The molecule has 0 saturated carbocycles. The Morgan fingerprint density at radius 2 is 1.78 bits per heavy atom. The normalized spacial score (nSPS) is 10.0. The van der Waals surface area contributed by atoms with Gasteiger partial charge in [0.2, 0.25) is 0 Å². The Morgan fingerprint density at radius 3 is 2.48 bits per heavy atom. The first-order valence-corrected chi connectivity index (χ1v) is 8.45. The average molecular weight is 373 g/mol. The molecular formula is C20H23NO6. The van der Waals surface area contributed by atoms with Crippen molar-refractivity contribution in [3.8, 4) is 17.2 Å². The van der Waals surface area contributed by atoms with Crippen LogP contribution in [0.2, 0.25) is 0 Å². The van der Waals surface area contributed by atoms with Gasteiger partial charge in [-0.15, -0.1) is 0 Å². The maximum Gasteiger partial charge on any atom is 0.338 e. The fraction of sp³-hybridized carbons (Fsp3) is 0.300. The minimum atomic E-state index is -0.430. The Bertz CT molecular complexity index is 790. The summed E-state index contributed by atoms with van der Waals surface area (Å²) in [5.41, 5.74) is 1.24. The number of esters is 1. The van der Waals surface area contributed by atoms with Crippen molar-refractivity contribution < 1.29 is 28.5 Å². The van der Waals surface area contributed by atoms with Crippen LogP contribution >= 0.6 is 0 Å². The predicted octanol–water partition coefficient (Wildman–Crippen LogP) is 2.58. The number of amides is 1. The summed E-state index contributed by atoms with van der Waals surface area (Å²) in [7, 11) is 3.12. The van der Waals surface area contributed by atoms with Crippen LogP contribution in [0.25, 0.3) is 0 Å². The van der Waals surface area contributed by atoms with Gasteiger partial charge in [0, 0.05) is 6.54 Å². The first-order chi connectivity index (χ1) is 13.1. The minimum absolute atomic E-state index is 0.167. The molecule has 0 spiro atoms. The second-order valence-electron chi connectivity index (χ2n) is 5.50. The fourth-order valence-corrected chi connectivity index (χ4v) is 2.32. The molecule has 0 unspecified atom stereocenters. The molecule has 0 aliphatic carbocycles. The molecule has 0 heterocycles. The van der Waals surface area contributed by atoms with Gasteiger partial charge in [-0.25, -0.2) is 4.79 Å². The molecule has 0 radical (unpaired) electrons. The van der Waals surface area contributed by atoms with Crippen molar-refractivity contribution in [2.24, 2.45) is 0 Å². The van der Waals surface area contributed by atoms with Crippen LogP contribution in [-0.2, 0) is 16.1 Å². The van der Waals surface area contributed by atoms with Crippen molar-refractivity contribution in [3.05, 3.63) is 53.6 Å². The first-order valence-electron chi connectivity index (χ1n) is 8.45. The van der Waals surface area contributed by atoms with E-state index >= 15 is 0 Å². The van der Waals surface area contributed by atoms with Gasteiger partial charge in [0.1, 0.15) is 5.75 Å². The summed E-state index contributed by atoms with van der Waals surface area (Å²) in [6.45, 7) is 2.19. The van der Waals surface area contributed by atoms with Crippen molar-refractivity contribution in [2.75, 3.05) is 27.4 Å². The molecule has 2 aromatic rings. The van der Waals surface area contributed by atoms with E-state index in [1.54, 1.807) is 57.5 Å². The van der Waals surface area contributed by atoms with E-state index in [0.717, 1.165) is 5.56 Å². The van der Waals surface area contributed by atoms with Crippen LogP contribution in [-0.4, -0.2) is 39.3 Å².